The number of hydrogen-bond acceptors (Lipinski definition) is 2. The molecule has 1 aliphatic rings. The number of rotatable bonds is 1. The minimum Gasteiger partial charge on any atom is -0.399 e. The summed E-state index contributed by atoms with van der Waals surface area (Å²) in [6, 6.07) is 2.00. The first-order valence-electron chi connectivity index (χ1n) is 6.27. The predicted molar refractivity (Wildman–Crippen MR) is 77.2 cm³/mol. The van der Waals surface area contributed by atoms with Crippen LogP contribution in [0.15, 0.2) is 12.1 Å². The molecule has 1 aliphatic heterocycles. The van der Waals surface area contributed by atoms with Crippen LogP contribution >= 0.6 is 23.2 Å². The molecule has 0 aromatic heterocycles. The molecular weight excluding hydrogens is 327 g/mol. The lowest BCUT2D eigenvalue weighted by molar-refractivity contribution is -0.137. The zero-order valence-electron chi connectivity index (χ0n) is 11.9. The first-order chi connectivity index (χ1) is 9.37. The molecule has 1 aromatic rings. The topological polar surface area (TPSA) is 18.5 Å². The lowest BCUT2D eigenvalue weighted by Gasteiger charge is -2.32. The average molecular weight is 341 g/mol. The van der Waals surface area contributed by atoms with Gasteiger partial charge in [0.15, 0.2) is 0 Å². The van der Waals surface area contributed by atoms with Crippen LogP contribution < -0.4 is 5.46 Å². The molecule has 8 heteroatoms. The fraction of sp³-hybridized carbons (Fsp3) is 0.538. The molecule has 0 radical (unpaired) electrons. The van der Waals surface area contributed by atoms with Crippen LogP contribution in [0.2, 0.25) is 10.0 Å². The zero-order valence-corrected chi connectivity index (χ0v) is 13.5. The summed E-state index contributed by atoms with van der Waals surface area (Å²) in [5, 5.41) is -0.417. The molecule has 0 amide bonds. The van der Waals surface area contributed by atoms with Crippen LogP contribution in [0.1, 0.15) is 33.3 Å². The van der Waals surface area contributed by atoms with E-state index in [0.717, 1.165) is 12.1 Å². The van der Waals surface area contributed by atoms with E-state index in [9.17, 15) is 13.2 Å². The smallest absolute Gasteiger partial charge is 0.399 e. The minimum atomic E-state index is -4.57. The van der Waals surface area contributed by atoms with Crippen LogP contribution in [0.4, 0.5) is 13.2 Å². The summed E-state index contributed by atoms with van der Waals surface area (Å²) in [6.07, 6.45) is -4.57. The molecule has 2 rings (SSSR count). The second-order valence-electron chi connectivity index (χ2n) is 5.91. The number of benzene rings is 1. The Labute approximate surface area is 131 Å². The summed E-state index contributed by atoms with van der Waals surface area (Å²) < 4.78 is 50.3. The first kappa shape index (κ1) is 16.9. The van der Waals surface area contributed by atoms with Crippen molar-refractivity contribution in [2.24, 2.45) is 0 Å². The van der Waals surface area contributed by atoms with E-state index in [1.54, 1.807) is 27.7 Å². The highest BCUT2D eigenvalue weighted by Crippen LogP contribution is 2.40. The minimum absolute atomic E-state index is 0.00630. The van der Waals surface area contributed by atoms with Gasteiger partial charge >= 0.3 is 13.3 Å². The van der Waals surface area contributed by atoms with Gasteiger partial charge in [0, 0.05) is 10.5 Å². The molecule has 1 fully saturated rings. The van der Waals surface area contributed by atoms with Gasteiger partial charge in [0.1, 0.15) is 0 Å². The molecule has 116 valence electrons. The molecule has 2 nitrogen and oxygen atoms in total. The van der Waals surface area contributed by atoms with E-state index in [1.807, 2.05) is 0 Å². The van der Waals surface area contributed by atoms with E-state index < -0.39 is 35.1 Å². The second kappa shape index (κ2) is 5.05. The Kier molecular flexibility index (Phi) is 4.07. The Bertz CT molecular complexity index is 557. The maximum atomic E-state index is 12.9. The lowest BCUT2D eigenvalue weighted by Crippen LogP contribution is -2.41. The van der Waals surface area contributed by atoms with Gasteiger partial charge in [0.25, 0.3) is 0 Å². The summed E-state index contributed by atoms with van der Waals surface area (Å²) in [5.41, 5.74) is -2.35. The maximum Gasteiger partial charge on any atom is 0.497 e. The van der Waals surface area contributed by atoms with Gasteiger partial charge in [-0.1, -0.05) is 23.2 Å². The van der Waals surface area contributed by atoms with Gasteiger partial charge < -0.3 is 9.31 Å². The maximum absolute atomic E-state index is 12.9. The third kappa shape index (κ3) is 2.91. The van der Waals surface area contributed by atoms with E-state index in [0.29, 0.717) is 0 Å². The van der Waals surface area contributed by atoms with Gasteiger partial charge in [-0.3, -0.25) is 0 Å². The van der Waals surface area contributed by atoms with Crippen LogP contribution in [0, 0.1) is 0 Å². The highest BCUT2D eigenvalue weighted by molar-refractivity contribution is 6.69. The molecule has 0 atom stereocenters. The summed E-state index contributed by atoms with van der Waals surface area (Å²) in [7, 11) is -1.04. The van der Waals surface area contributed by atoms with Gasteiger partial charge in [-0.15, -0.1) is 0 Å². The van der Waals surface area contributed by atoms with E-state index in [-0.39, 0.29) is 10.5 Å². The number of alkyl halides is 3. The Morgan fingerprint density at radius 2 is 1.48 bits per heavy atom. The van der Waals surface area contributed by atoms with E-state index in [1.165, 1.54) is 0 Å². The van der Waals surface area contributed by atoms with Crippen LogP contribution in [-0.4, -0.2) is 18.3 Å². The fourth-order valence-electron chi connectivity index (χ4n) is 1.97. The first-order valence-corrected chi connectivity index (χ1v) is 7.03. The molecule has 21 heavy (non-hydrogen) atoms. The van der Waals surface area contributed by atoms with Crippen LogP contribution in [-0.2, 0) is 15.5 Å². The molecule has 1 heterocycles. The Hall–Kier alpha value is -0.425. The van der Waals surface area contributed by atoms with Crippen LogP contribution in [0.25, 0.3) is 0 Å². The average Bonchev–Trinajstić information content (AvgIpc) is 2.45. The van der Waals surface area contributed by atoms with Crippen molar-refractivity contribution in [1.82, 2.24) is 0 Å². The van der Waals surface area contributed by atoms with Crippen molar-refractivity contribution in [2.75, 3.05) is 0 Å². The van der Waals surface area contributed by atoms with E-state index in [2.05, 4.69) is 0 Å². The van der Waals surface area contributed by atoms with E-state index >= 15 is 0 Å². The monoisotopic (exact) mass is 340 g/mol. The molecule has 0 unspecified atom stereocenters. The van der Waals surface area contributed by atoms with Crippen molar-refractivity contribution in [2.45, 2.75) is 45.1 Å². The molecule has 0 bridgehead atoms. The van der Waals surface area contributed by atoms with Crippen molar-refractivity contribution in [3.8, 4) is 0 Å². The Balaban J connectivity index is 2.51. The van der Waals surface area contributed by atoms with Crippen molar-refractivity contribution in [3.63, 3.8) is 0 Å². The second-order valence-corrected chi connectivity index (χ2v) is 6.69. The summed E-state index contributed by atoms with van der Waals surface area (Å²) in [4.78, 5) is 0. The standard InChI is InChI=1S/C13H14BCl2F3O2/c1-11(2)12(3,4)21-14(20-11)9-8(15)6-5-7(10(9)16)13(17,18)19/h5-6H,1-4H3. The molecule has 1 saturated heterocycles. The highest BCUT2D eigenvalue weighted by Gasteiger charge is 2.53. The largest absolute Gasteiger partial charge is 0.497 e. The lowest BCUT2D eigenvalue weighted by atomic mass is 9.78. The predicted octanol–water partition coefficient (Wildman–Crippen LogP) is 4.31. The summed E-state index contributed by atoms with van der Waals surface area (Å²) in [5.74, 6) is 0. The third-order valence-corrected chi connectivity index (χ3v) is 4.66. The van der Waals surface area contributed by atoms with E-state index in [4.69, 9.17) is 32.5 Å². The number of hydrogen-bond donors (Lipinski definition) is 0. The van der Waals surface area contributed by atoms with Crippen molar-refractivity contribution in [3.05, 3.63) is 27.7 Å². The van der Waals surface area contributed by atoms with Crippen molar-refractivity contribution in [1.29, 1.82) is 0 Å². The van der Waals surface area contributed by atoms with Gasteiger partial charge in [-0.05, 0) is 39.8 Å². The normalized spacial score (nSPS) is 20.9. The van der Waals surface area contributed by atoms with Crippen molar-refractivity contribution < 1.29 is 22.5 Å². The Morgan fingerprint density at radius 1 is 1.00 bits per heavy atom. The van der Waals surface area contributed by atoms with Gasteiger partial charge in [0.2, 0.25) is 0 Å². The van der Waals surface area contributed by atoms with Crippen molar-refractivity contribution >= 4 is 35.8 Å². The zero-order chi connectivity index (χ0) is 16.2. The fourth-order valence-corrected chi connectivity index (χ4v) is 2.62. The summed E-state index contributed by atoms with van der Waals surface area (Å²) in [6.45, 7) is 7.18. The molecule has 0 saturated carbocycles. The molecular formula is C13H14BCl2F3O2. The van der Waals surface area contributed by atoms with Crippen LogP contribution in [0.3, 0.4) is 0 Å². The van der Waals surface area contributed by atoms with Gasteiger partial charge in [-0.2, -0.15) is 13.2 Å². The molecule has 0 aliphatic carbocycles. The van der Waals surface area contributed by atoms with Gasteiger partial charge in [0.05, 0.1) is 21.8 Å². The molecule has 1 aromatic carbocycles. The SMILES string of the molecule is CC1(C)OB(c2c(Cl)ccc(C(F)(F)F)c2Cl)OC1(C)C. The van der Waals surface area contributed by atoms with Crippen LogP contribution in [0.5, 0.6) is 0 Å². The molecule has 0 spiro atoms. The number of halogens is 5. The third-order valence-electron chi connectivity index (χ3n) is 3.92. The molecule has 0 N–H and O–H groups in total. The van der Waals surface area contributed by atoms with Gasteiger partial charge in [-0.25, -0.2) is 0 Å². The summed E-state index contributed by atoms with van der Waals surface area (Å²) >= 11 is 11.9. The highest BCUT2D eigenvalue weighted by atomic mass is 35.5. The quantitative estimate of drug-likeness (QED) is 0.709. The Morgan fingerprint density at radius 3 is 1.90 bits per heavy atom.